The lowest BCUT2D eigenvalue weighted by Crippen LogP contribution is -2.46. The van der Waals surface area contributed by atoms with Crippen LogP contribution in [0.15, 0.2) is 24.4 Å². The summed E-state index contributed by atoms with van der Waals surface area (Å²) in [4.78, 5) is 6.21. The number of hydrogen-bond donors (Lipinski definition) is 2. The second kappa shape index (κ2) is 6.51. The number of hydrogen-bond acceptors (Lipinski definition) is 3. The average Bonchev–Trinajstić information content (AvgIpc) is 2.29. The number of rotatable bonds is 4. The Hall–Kier alpha value is -1.20. The molecule has 5 heteroatoms. The van der Waals surface area contributed by atoms with E-state index in [9.17, 15) is 0 Å². The first-order chi connectivity index (χ1) is 8.02. The van der Waals surface area contributed by atoms with Gasteiger partial charge in [0.15, 0.2) is 5.11 Å². The van der Waals surface area contributed by atoms with Gasteiger partial charge in [-0.2, -0.15) is 0 Å². The molecule has 94 valence electrons. The second-order valence-corrected chi connectivity index (χ2v) is 4.83. The molecule has 0 amide bonds. The summed E-state index contributed by atoms with van der Waals surface area (Å²) in [6.45, 7) is 4.29. The zero-order valence-electron chi connectivity index (χ0n) is 10.8. The standard InChI is InChI=1S/C12H20N4S/c1-9(2)11(10-7-5-6-8-13-10)14-15-12(17)16(3)4/h5-9,11,14H,1-4H3,(H,15,17). The molecule has 0 saturated heterocycles. The molecule has 0 aliphatic rings. The zero-order chi connectivity index (χ0) is 12.8. The van der Waals surface area contributed by atoms with Crippen LogP contribution in [0, 0.1) is 5.92 Å². The van der Waals surface area contributed by atoms with Gasteiger partial charge in [0.1, 0.15) is 0 Å². The molecule has 0 aromatic carbocycles. The first-order valence-corrected chi connectivity index (χ1v) is 6.07. The molecular weight excluding hydrogens is 232 g/mol. The van der Waals surface area contributed by atoms with Gasteiger partial charge in [-0.25, -0.2) is 5.43 Å². The van der Waals surface area contributed by atoms with E-state index in [0.29, 0.717) is 11.0 Å². The molecule has 17 heavy (non-hydrogen) atoms. The summed E-state index contributed by atoms with van der Waals surface area (Å²) >= 11 is 5.16. The third-order valence-electron chi connectivity index (χ3n) is 2.41. The number of aromatic nitrogens is 1. The normalized spacial score (nSPS) is 12.3. The highest BCUT2D eigenvalue weighted by molar-refractivity contribution is 7.80. The summed E-state index contributed by atoms with van der Waals surface area (Å²) in [6.07, 6.45) is 1.80. The Morgan fingerprint density at radius 2 is 2.06 bits per heavy atom. The quantitative estimate of drug-likeness (QED) is 0.631. The number of nitrogens with zero attached hydrogens (tertiary/aromatic N) is 2. The van der Waals surface area contributed by atoms with Crippen LogP contribution in [0.5, 0.6) is 0 Å². The maximum absolute atomic E-state index is 5.16. The topological polar surface area (TPSA) is 40.2 Å². The predicted octanol–water partition coefficient (Wildman–Crippen LogP) is 1.72. The van der Waals surface area contributed by atoms with E-state index >= 15 is 0 Å². The number of thiocarbonyl (C=S) groups is 1. The van der Waals surface area contributed by atoms with E-state index in [-0.39, 0.29) is 6.04 Å². The summed E-state index contributed by atoms with van der Waals surface area (Å²) < 4.78 is 0. The highest BCUT2D eigenvalue weighted by atomic mass is 32.1. The highest BCUT2D eigenvalue weighted by Gasteiger charge is 2.16. The minimum atomic E-state index is 0.133. The van der Waals surface area contributed by atoms with Crippen LogP contribution in [0.3, 0.4) is 0 Å². The molecule has 1 unspecified atom stereocenters. The summed E-state index contributed by atoms with van der Waals surface area (Å²) in [5.74, 6) is 0.419. The molecule has 0 bridgehead atoms. The zero-order valence-corrected chi connectivity index (χ0v) is 11.6. The van der Waals surface area contributed by atoms with Crippen LogP contribution in [0.1, 0.15) is 25.6 Å². The minimum absolute atomic E-state index is 0.133. The van der Waals surface area contributed by atoms with E-state index in [0.717, 1.165) is 5.69 Å². The Morgan fingerprint density at radius 1 is 1.35 bits per heavy atom. The molecule has 1 rings (SSSR count). The highest BCUT2D eigenvalue weighted by Crippen LogP contribution is 2.18. The number of nitrogens with one attached hydrogen (secondary N) is 2. The van der Waals surface area contributed by atoms with Crippen molar-refractivity contribution in [2.24, 2.45) is 5.92 Å². The fraction of sp³-hybridized carbons (Fsp3) is 0.500. The fourth-order valence-electron chi connectivity index (χ4n) is 1.39. The summed E-state index contributed by atoms with van der Waals surface area (Å²) in [6, 6.07) is 6.05. The molecule has 4 nitrogen and oxygen atoms in total. The van der Waals surface area contributed by atoms with Crippen LogP contribution in [-0.2, 0) is 0 Å². The smallest absolute Gasteiger partial charge is 0.182 e. The fourth-order valence-corrected chi connectivity index (χ4v) is 1.45. The van der Waals surface area contributed by atoms with Gasteiger partial charge >= 0.3 is 0 Å². The minimum Gasteiger partial charge on any atom is -0.354 e. The van der Waals surface area contributed by atoms with Crippen molar-refractivity contribution in [1.82, 2.24) is 20.7 Å². The Kier molecular flexibility index (Phi) is 5.31. The van der Waals surface area contributed by atoms with E-state index in [1.165, 1.54) is 0 Å². The Morgan fingerprint density at radius 3 is 2.53 bits per heavy atom. The van der Waals surface area contributed by atoms with Gasteiger partial charge in [0.25, 0.3) is 0 Å². The van der Waals surface area contributed by atoms with E-state index in [2.05, 4.69) is 29.7 Å². The second-order valence-electron chi connectivity index (χ2n) is 4.45. The first kappa shape index (κ1) is 13.9. The first-order valence-electron chi connectivity index (χ1n) is 5.66. The molecule has 0 spiro atoms. The maximum Gasteiger partial charge on any atom is 0.182 e. The van der Waals surface area contributed by atoms with Gasteiger partial charge in [0.05, 0.1) is 11.7 Å². The molecular formula is C12H20N4S. The number of pyridine rings is 1. The van der Waals surface area contributed by atoms with Crippen molar-refractivity contribution in [2.75, 3.05) is 14.1 Å². The van der Waals surface area contributed by atoms with E-state index in [4.69, 9.17) is 12.2 Å². The lowest BCUT2D eigenvalue weighted by molar-refractivity contribution is 0.378. The third kappa shape index (κ3) is 4.28. The van der Waals surface area contributed by atoms with Crippen LogP contribution >= 0.6 is 12.2 Å². The van der Waals surface area contributed by atoms with Crippen molar-refractivity contribution < 1.29 is 0 Å². The van der Waals surface area contributed by atoms with E-state index in [1.54, 1.807) is 6.20 Å². The third-order valence-corrected chi connectivity index (χ3v) is 2.88. The van der Waals surface area contributed by atoms with Crippen LogP contribution in [0.2, 0.25) is 0 Å². The van der Waals surface area contributed by atoms with Crippen molar-refractivity contribution in [1.29, 1.82) is 0 Å². The Bertz CT molecular complexity index is 351. The summed E-state index contributed by atoms with van der Waals surface area (Å²) in [7, 11) is 3.81. The van der Waals surface area contributed by atoms with E-state index < -0.39 is 0 Å². The van der Waals surface area contributed by atoms with Crippen molar-refractivity contribution in [3.8, 4) is 0 Å². The molecule has 1 heterocycles. The van der Waals surface area contributed by atoms with Crippen molar-refractivity contribution in [3.05, 3.63) is 30.1 Å². The molecule has 0 fully saturated rings. The van der Waals surface area contributed by atoms with Crippen LogP contribution in [0.4, 0.5) is 0 Å². The Labute approximate surface area is 108 Å². The molecule has 1 aromatic heterocycles. The lowest BCUT2D eigenvalue weighted by atomic mass is 10.0. The summed E-state index contributed by atoms with van der Waals surface area (Å²) in [5, 5.41) is 0.659. The maximum atomic E-state index is 5.16. The van der Waals surface area contributed by atoms with Gasteiger partial charge in [0.2, 0.25) is 0 Å². The van der Waals surface area contributed by atoms with Gasteiger partial charge in [-0.3, -0.25) is 10.4 Å². The van der Waals surface area contributed by atoms with Gasteiger partial charge in [0, 0.05) is 20.3 Å². The van der Waals surface area contributed by atoms with Crippen LogP contribution < -0.4 is 10.9 Å². The van der Waals surface area contributed by atoms with Crippen molar-refractivity contribution in [2.45, 2.75) is 19.9 Å². The molecule has 0 saturated carbocycles. The summed E-state index contributed by atoms with van der Waals surface area (Å²) in [5.41, 5.74) is 7.26. The largest absolute Gasteiger partial charge is 0.354 e. The molecule has 0 aliphatic carbocycles. The molecule has 1 atom stereocenters. The lowest BCUT2D eigenvalue weighted by Gasteiger charge is -2.24. The van der Waals surface area contributed by atoms with Crippen molar-refractivity contribution >= 4 is 17.3 Å². The van der Waals surface area contributed by atoms with Gasteiger partial charge < -0.3 is 4.90 Å². The predicted molar refractivity (Wildman–Crippen MR) is 74.4 cm³/mol. The van der Waals surface area contributed by atoms with Gasteiger partial charge in [-0.15, -0.1) is 0 Å². The van der Waals surface area contributed by atoms with Gasteiger partial charge in [-0.05, 0) is 30.3 Å². The monoisotopic (exact) mass is 252 g/mol. The number of hydrazine groups is 1. The molecule has 0 aliphatic heterocycles. The molecule has 2 N–H and O–H groups in total. The molecule has 0 radical (unpaired) electrons. The SMILES string of the molecule is CC(C)C(NNC(=S)N(C)C)c1ccccn1. The van der Waals surface area contributed by atoms with E-state index in [1.807, 2.05) is 37.2 Å². The Balaban J connectivity index is 2.66. The van der Waals surface area contributed by atoms with Crippen LogP contribution in [-0.4, -0.2) is 29.1 Å². The molecule has 1 aromatic rings. The average molecular weight is 252 g/mol. The van der Waals surface area contributed by atoms with Crippen LogP contribution in [0.25, 0.3) is 0 Å². The van der Waals surface area contributed by atoms with Gasteiger partial charge in [-0.1, -0.05) is 19.9 Å². The van der Waals surface area contributed by atoms with Crippen molar-refractivity contribution in [3.63, 3.8) is 0 Å².